The Bertz CT molecular complexity index is 611. The number of nitrogens with zero attached hydrogens (tertiary/aromatic N) is 1. The highest BCUT2D eigenvalue weighted by atomic mass is 32.1. The summed E-state index contributed by atoms with van der Waals surface area (Å²) in [6.45, 7) is 2.12. The van der Waals surface area contributed by atoms with Crippen LogP contribution in [0.3, 0.4) is 0 Å². The van der Waals surface area contributed by atoms with Crippen molar-refractivity contribution in [2.24, 2.45) is 0 Å². The topological polar surface area (TPSA) is 34.1 Å². The first-order chi connectivity index (χ1) is 8.71. The number of hydrogen-bond donors (Lipinski definition) is 1. The van der Waals surface area contributed by atoms with Crippen LogP contribution in [0.25, 0.3) is 10.2 Å². The number of fused-ring (bicyclic) bond motifs is 1. The van der Waals surface area contributed by atoms with Crippen LogP contribution in [0.2, 0.25) is 0 Å². The van der Waals surface area contributed by atoms with Gasteiger partial charge in [-0.25, -0.2) is 4.98 Å². The van der Waals surface area contributed by atoms with E-state index in [4.69, 9.17) is 9.72 Å². The zero-order chi connectivity index (χ0) is 12.6. The monoisotopic (exact) mass is 258 g/mol. The molecule has 0 saturated carbocycles. The van der Waals surface area contributed by atoms with Crippen LogP contribution in [-0.2, 0) is 10.3 Å². The summed E-state index contributed by atoms with van der Waals surface area (Å²) in [5.41, 5.74) is 0.793. The molecule has 1 aliphatic heterocycles. The Labute approximate surface area is 110 Å². The van der Waals surface area contributed by atoms with E-state index in [1.807, 2.05) is 30.5 Å². The molecule has 2 heterocycles. The van der Waals surface area contributed by atoms with Gasteiger partial charge in [-0.05, 0) is 31.2 Å². The Morgan fingerprint density at radius 2 is 2.17 bits per heavy atom. The normalized spacial score (nSPS) is 22.7. The standard InChI is InChI=1S/C14H14N2OS/c1-14(8-7-10(17-2)9-15-14)13-16-11-5-3-4-6-12(11)18-13/h3-9,15H,1-2H3. The van der Waals surface area contributed by atoms with E-state index < -0.39 is 0 Å². The average molecular weight is 258 g/mol. The highest BCUT2D eigenvalue weighted by molar-refractivity contribution is 7.18. The number of hydrogen-bond acceptors (Lipinski definition) is 4. The van der Waals surface area contributed by atoms with Crippen molar-refractivity contribution in [2.75, 3.05) is 7.11 Å². The number of aromatic nitrogens is 1. The summed E-state index contributed by atoms with van der Waals surface area (Å²) >= 11 is 1.72. The lowest BCUT2D eigenvalue weighted by Crippen LogP contribution is -2.35. The van der Waals surface area contributed by atoms with E-state index in [1.165, 1.54) is 4.70 Å². The summed E-state index contributed by atoms with van der Waals surface area (Å²) in [6, 6.07) is 8.20. The lowest BCUT2D eigenvalue weighted by atomic mass is 10.0. The molecule has 0 fully saturated rings. The van der Waals surface area contributed by atoms with Crippen LogP contribution in [0.4, 0.5) is 0 Å². The predicted octanol–water partition coefficient (Wildman–Crippen LogP) is 3.16. The largest absolute Gasteiger partial charge is 0.495 e. The van der Waals surface area contributed by atoms with Crippen LogP contribution in [-0.4, -0.2) is 12.1 Å². The van der Waals surface area contributed by atoms with Gasteiger partial charge in [0.25, 0.3) is 0 Å². The molecule has 1 N–H and O–H groups in total. The van der Waals surface area contributed by atoms with Gasteiger partial charge in [0.05, 0.1) is 17.3 Å². The Morgan fingerprint density at radius 1 is 1.33 bits per heavy atom. The molecule has 0 amide bonds. The van der Waals surface area contributed by atoms with Gasteiger partial charge in [-0.15, -0.1) is 11.3 Å². The van der Waals surface area contributed by atoms with Crippen molar-refractivity contribution in [3.8, 4) is 0 Å². The van der Waals surface area contributed by atoms with Crippen LogP contribution in [0.15, 0.2) is 48.4 Å². The first kappa shape index (κ1) is 11.3. The molecule has 2 aromatic rings. The lowest BCUT2D eigenvalue weighted by Gasteiger charge is -2.27. The van der Waals surface area contributed by atoms with E-state index in [0.29, 0.717) is 0 Å². The SMILES string of the molecule is COC1=CNC(C)(c2nc3ccccc3s2)C=C1. The summed E-state index contributed by atoms with van der Waals surface area (Å²) < 4.78 is 6.39. The molecule has 1 atom stereocenters. The number of thiazole rings is 1. The van der Waals surface area contributed by atoms with Crippen molar-refractivity contribution in [3.05, 3.63) is 53.4 Å². The van der Waals surface area contributed by atoms with Gasteiger partial charge in [-0.2, -0.15) is 0 Å². The maximum Gasteiger partial charge on any atom is 0.134 e. The Hall–Kier alpha value is -1.81. The molecule has 1 aromatic heterocycles. The van der Waals surface area contributed by atoms with E-state index in [-0.39, 0.29) is 5.54 Å². The molecule has 1 aromatic carbocycles. The molecule has 0 radical (unpaired) electrons. The second-order valence-corrected chi connectivity index (χ2v) is 5.45. The minimum Gasteiger partial charge on any atom is -0.495 e. The molecule has 3 nitrogen and oxygen atoms in total. The van der Waals surface area contributed by atoms with Crippen LogP contribution >= 0.6 is 11.3 Å². The molecular formula is C14H14N2OS. The smallest absolute Gasteiger partial charge is 0.134 e. The van der Waals surface area contributed by atoms with Crippen LogP contribution in [0.1, 0.15) is 11.9 Å². The minimum absolute atomic E-state index is 0.258. The van der Waals surface area contributed by atoms with E-state index >= 15 is 0 Å². The van der Waals surface area contributed by atoms with Gasteiger partial charge in [0.1, 0.15) is 16.3 Å². The fourth-order valence-corrected chi connectivity index (χ4v) is 2.98. The van der Waals surface area contributed by atoms with Gasteiger partial charge in [-0.1, -0.05) is 12.1 Å². The van der Waals surface area contributed by atoms with Gasteiger partial charge < -0.3 is 10.1 Å². The number of para-hydroxylation sites is 1. The predicted molar refractivity (Wildman–Crippen MR) is 74.3 cm³/mol. The molecule has 0 spiro atoms. The van der Waals surface area contributed by atoms with Crippen LogP contribution < -0.4 is 5.32 Å². The zero-order valence-electron chi connectivity index (χ0n) is 10.3. The van der Waals surface area contributed by atoms with Crippen LogP contribution in [0.5, 0.6) is 0 Å². The van der Waals surface area contributed by atoms with Gasteiger partial charge in [0, 0.05) is 6.20 Å². The summed E-state index contributed by atoms with van der Waals surface area (Å²) in [5, 5.41) is 4.41. The maximum atomic E-state index is 5.17. The Balaban J connectivity index is 2.00. The number of allylic oxidation sites excluding steroid dienone is 1. The Kier molecular flexibility index (Phi) is 2.59. The third kappa shape index (κ3) is 1.78. The molecule has 18 heavy (non-hydrogen) atoms. The summed E-state index contributed by atoms with van der Waals surface area (Å²) in [5.74, 6) is 0.827. The molecule has 3 rings (SSSR count). The van der Waals surface area contributed by atoms with Crippen molar-refractivity contribution >= 4 is 21.6 Å². The van der Waals surface area contributed by atoms with Crippen molar-refractivity contribution in [1.82, 2.24) is 10.3 Å². The van der Waals surface area contributed by atoms with Gasteiger partial charge in [0.2, 0.25) is 0 Å². The number of ether oxygens (including phenoxy) is 1. The molecule has 0 aliphatic carbocycles. The molecule has 0 saturated heterocycles. The van der Waals surface area contributed by atoms with Crippen LogP contribution in [0, 0.1) is 0 Å². The Morgan fingerprint density at radius 3 is 2.83 bits per heavy atom. The van der Waals surface area contributed by atoms with Gasteiger partial charge in [0.15, 0.2) is 0 Å². The first-order valence-corrected chi connectivity index (χ1v) is 6.60. The van der Waals surface area contributed by atoms with E-state index in [0.717, 1.165) is 16.3 Å². The molecule has 1 aliphatic rings. The summed E-state index contributed by atoms with van der Waals surface area (Å²) in [7, 11) is 1.66. The average Bonchev–Trinajstić information content (AvgIpc) is 2.84. The fraction of sp³-hybridized carbons (Fsp3) is 0.214. The number of rotatable bonds is 2. The number of benzene rings is 1. The van der Waals surface area contributed by atoms with Crippen molar-refractivity contribution < 1.29 is 4.74 Å². The second-order valence-electron chi connectivity index (χ2n) is 4.42. The van der Waals surface area contributed by atoms with E-state index in [1.54, 1.807) is 18.4 Å². The fourth-order valence-electron chi connectivity index (χ4n) is 1.92. The number of nitrogens with one attached hydrogen (secondary N) is 1. The second kappa shape index (κ2) is 4.14. The molecule has 4 heteroatoms. The maximum absolute atomic E-state index is 5.17. The molecule has 92 valence electrons. The third-order valence-corrected chi connectivity index (χ3v) is 4.34. The lowest BCUT2D eigenvalue weighted by molar-refractivity contribution is 0.296. The quantitative estimate of drug-likeness (QED) is 0.898. The summed E-state index contributed by atoms with van der Waals surface area (Å²) in [6.07, 6.45) is 5.94. The van der Waals surface area contributed by atoms with Gasteiger partial charge in [-0.3, -0.25) is 0 Å². The molecular weight excluding hydrogens is 244 g/mol. The van der Waals surface area contributed by atoms with Crippen molar-refractivity contribution in [1.29, 1.82) is 0 Å². The molecule has 1 unspecified atom stereocenters. The van der Waals surface area contributed by atoms with E-state index in [9.17, 15) is 0 Å². The first-order valence-electron chi connectivity index (χ1n) is 5.78. The summed E-state index contributed by atoms with van der Waals surface area (Å²) in [4.78, 5) is 4.69. The van der Waals surface area contributed by atoms with Crippen molar-refractivity contribution in [3.63, 3.8) is 0 Å². The van der Waals surface area contributed by atoms with Gasteiger partial charge >= 0.3 is 0 Å². The number of dihydropyridines is 1. The highest BCUT2D eigenvalue weighted by Gasteiger charge is 2.28. The third-order valence-electron chi connectivity index (χ3n) is 3.07. The minimum atomic E-state index is -0.258. The van der Waals surface area contributed by atoms with Crippen molar-refractivity contribution in [2.45, 2.75) is 12.5 Å². The highest BCUT2D eigenvalue weighted by Crippen LogP contribution is 2.32. The molecule has 0 bridgehead atoms. The number of methoxy groups -OCH3 is 1. The zero-order valence-corrected chi connectivity index (χ0v) is 11.1. The van der Waals surface area contributed by atoms with E-state index in [2.05, 4.69) is 24.4 Å².